The molecule has 3 rings (SSSR count). The van der Waals surface area contributed by atoms with Gasteiger partial charge in [0.05, 0.1) is 44.4 Å². The van der Waals surface area contributed by atoms with Crippen LogP contribution in [0.1, 0.15) is 10.5 Å². The summed E-state index contributed by atoms with van der Waals surface area (Å²) >= 11 is 0. The normalized spacial score (nSPS) is 14.8. The van der Waals surface area contributed by atoms with Crippen LogP contribution in [-0.2, 0) is 9.53 Å². The Bertz CT molecular complexity index is 781. The van der Waals surface area contributed by atoms with Crippen molar-refractivity contribution in [2.24, 2.45) is 5.73 Å². The Labute approximate surface area is 150 Å². The van der Waals surface area contributed by atoms with Crippen molar-refractivity contribution in [2.45, 2.75) is 0 Å². The van der Waals surface area contributed by atoms with Crippen LogP contribution in [0.3, 0.4) is 0 Å². The van der Waals surface area contributed by atoms with Crippen molar-refractivity contribution in [3.63, 3.8) is 0 Å². The molecule has 1 fully saturated rings. The Hall–Kier alpha value is -2.91. The summed E-state index contributed by atoms with van der Waals surface area (Å²) in [6, 6.07) is 7.13. The molecule has 0 saturated carbocycles. The van der Waals surface area contributed by atoms with Crippen molar-refractivity contribution < 1.29 is 19.1 Å². The molecule has 0 atom stereocenters. The zero-order valence-corrected chi connectivity index (χ0v) is 14.5. The first kappa shape index (κ1) is 17.9. The molecule has 2 aromatic rings. The summed E-state index contributed by atoms with van der Waals surface area (Å²) in [7, 11) is 1.58. The van der Waals surface area contributed by atoms with Gasteiger partial charge < -0.3 is 20.5 Å². The fourth-order valence-corrected chi connectivity index (χ4v) is 2.67. The van der Waals surface area contributed by atoms with Gasteiger partial charge in [-0.1, -0.05) is 0 Å². The molecule has 0 bridgehead atoms. The maximum atomic E-state index is 12.3. The Morgan fingerprint density at radius 3 is 2.58 bits per heavy atom. The van der Waals surface area contributed by atoms with Crippen molar-refractivity contribution in [3.8, 4) is 11.4 Å². The molecule has 1 aromatic heterocycles. The number of amides is 2. The predicted molar refractivity (Wildman–Crippen MR) is 94.5 cm³/mol. The molecule has 9 heteroatoms. The molecule has 1 aliphatic rings. The standard InChI is InChI=1S/C17H21N5O4/c1-25-13-4-2-12(3-5-13)22-10-14(16(20-22)17(18)24)19-15(23)11-21-6-8-26-9-7-21/h2-5,10H,6-9,11H2,1H3,(H2,18,24)(H,19,23). The second-order valence-corrected chi connectivity index (χ2v) is 5.83. The van der Waals surface area contributed by atoms with Crippen LogP contribution in [0.25, 0.3) is 5.69 Å². The number of carbonyl (C=O) groups is 2. The minimum absolute atomic E-state index is 0.0103. The van der Waals surface area contributed by atoms with Gasteiger partial charge in [-0.05, 0) is 24.3 Å². The number of carbonyl (C=O) groups excluding carboxylic acids is 2. The Morgan fingerprint density at radius 2 is 1.96 bits per heavy atom. The van der Waals surface area contributed by atoms with Gasteiger partial charge in [0.2, 0.25) is 5.91 Å². The molecule has 2 amide bonds. The van der Waals surface area contributed by atoms with Crippen molar-refractivity contribution in [2.75, 3.05) is 45.3 Å². The van der Waals surface area contributed by atoms with E-state index < -0.39 is 5.91 Å². The van der Waals surface area contributed by atoms with E-state index >= 15 is 0 Å². The van der Waals surface area contributed by atoms with Gasteiger partial charge in [-0.15, -0.1) is 0 Å². The molecule has 26 heavy (non-hydrogen) atoms. The third kappa shape index (κ3) is 4.19. The van der Waals surface area contributed by atoms with Gasteiger partial charge in [-0.25, -0.2) is 4.68 Å². The van der Waals surface area contributed by atoms with Crippen LogP contribution in [-0.4, -0.2) is 66.5 Å². The second kappa shape index (κ2) is 7.98. The van der Waals surface area contributed by atoms with E-state index in [2.05, 4.69) is 10.4 Å². The van der Waals surface area contributed by atoms with Crippen molar-refractivity contribution in [1.29, 1.82) is 0 Å². The first-order valence-electron chi connectivity index (χ1n) is 8.20. The first-order chi connectivity index (χ1) is 12.6. The summed E-state index contributed by atoms with van der Waals surface area (Å²) in [5.41, 5.74) is 6.40. The summed E-state index contributed by atoms with van der Waals surface area (Å²) in [4.78, 5) is 26.0. The smallest absolute Gasteiger partial charge is 0.271 e. The average molecular weight is 359 g/mol. The molecule has 1 saturated heterocycles. The Balaban J connectivity index is 1.76. The molecule has 9 nitrogen and oxygen atoms in total. The Kier molecular flexibility index (Phi) is 5.49. The topological polar surface area (TPSA) is 112 Å². The van der Waals surface area contributed by atoms with E-state index in [1.54, 1.807) is 37.6 Å². The fraction of sp³-hybridized carbons (Fsp3) is 0.353. The number of morpholine rings is 1. The number of benzene rings is 1. The molecule has 0 radical (unpaired) electrons. The van der Waals surface area contributed by atoms with E-state index in [1.807, 2.05) is 4.90 Å². The van der Waals surface area contributed by atoms with Gasteiger partial charge in [0.25, 0.3) is 5.91 Å². The number of nitrogens with zero attached hydrogens (tertiary/aromatic N) is 3. The molecule has 3 N–H and O–H groups in total. The number of hydrogen-bond acceptors (Lipinski definition) is 6. The lowest BCUT2D eigenvalue weighted by atomic mass is 10.3. The van der Waals surface area contributed by atoms with Gasteiger partial charge in [0, 0.05) is 13.1 Å². The van der Waals surface area contributed by atoms with Crippen molar-refractivity contribution in [1.82, 2.24) is 14.7 Å². The molecule has 1 aromatic carbocycles. The van der Waals surface area contributed by atoms with Gasteiger partial charge >= 0.3 is 0 Å². The summed E-state index contributed by atoms with van der Waals surface area (Å²) < 4.78 is 11.9. The van der Waals surface area contributed by atoms with Crippen molar-refractivity contribution >= 4 is 17.5 Å². The zero-order chi connectivity index (χ0) is 18.5. The summed E-state index contributed by atoms with van der Waals surface area (Å²) in [5, 5.41) is 6.91. The highest BCUT2D eigenvalue weighted by atomic mass is 16.5. The minimum atomic E-state index is -0.709. The van der Waals surface area contributed by atoms with Crippen LogP contribution in [0.15, 0.2) is 30.5 Å². The lowest BCUT2D eigenvalue weighted by Gasteiger charge is -2.25. The highest BCUT2D eigenvalue weighted by molar-refractivity contribution is 6.02. The number of primary amides is 1. The average Bonchev–Trinajstić information content (AvgIpc) is 3.06. The number of methoxy groups -OCH3 is 1. The van der Waals surface area contributed by atoms with E-state index in [9.17, 15) is 9.59 Å². The predicted octanol–water partition coefficient (Wildman–Crippen LogP) is 0.251. The Morgan fingerprint density at radius 1 is 1.27 bits per heavy atom. The molecular formula is C17H21N5O4. The summed E-state index contributed by atoms with van der Waals surface area (Å²) in [6.07, 6.45) is 1.57. The van der Waals surface area contributed by atoms with Crippen LogP contribution in [0, 0.1) is 0 Å². The molecule has 0 aliphatic carbocycles. The number of nitrogens with two attached hydrogens (primary N) is 1. The van der Waals surface area contributed by atoms with Crippen LogP contribution in [0.2, 0.25) is 0 Å². The monoisotopic (exact) mass is 359 g/mol. The molecule has 1 aliphatic heterocycles. The van der Waals surface area contributed by atoms with E-state index in [1.165, 1.54) is 4.68 Å². The molecule has 2 heterocycles. The number of rotatable bonds is 6. The van der Waals surface area contributed by atoms with E-state index in [4.69, 9.17) is 15.2 Å². The van der Waals surface area contributed by atoms with E-state index in [-0.39, 0.29) is 23.8 Å². The fourth-order valence-electron chi connectivity index (χ4n) is 2.67. The number of nitrogens with one attached hydrogen (secondary N) is 1. The first-order valence-corrected chi connectivity index (χ1v) is 8.20. The molecular weight excluding hydrogens is 338 g/mol. The number of aromatic nitrogens is 2. The lowest BCUT2D eigenvalue weighted by molar-refractivity contribution is -0.118. The van der Waals surface area contributed by atoms with Crippen molar-refractivity contribution in [3.05, 3.63) is 36.2 Å². The minimum Gasteiger partial charge on any atom is -0.497 e. The van der Waals surface area contributed by atoms with Crippen LogP contribution in [0.4, 0.5) is 5.69 Å². The van der Waals surface area contributed by atoms with E-state index in [0.717, 1.165) is 0 Å². The largest absolute Gasteiger partial charge is 0.497 e. The maximum absolute atomic E-state index is 12.3. The van der Waals surface area contributed by atoms with Gasteiger partial charge in [-0.3, -0.25) is 14.5 Å². The maximum Gasteiger partial charge on any atom is 0.271 e. The zero-order valence-electron chi connectivity index (χ0n) is 14.5. The number of anilines is 1. The molecule has 138 valence electrons. The van der Waals surface area contributed by atoms with Crippen LogP contribution in [0.5, 0.6) is 5.75 Å². The summed E-state index contributed by atoms with van der Waals surface area (Å²) in [5.74, 6) is -0.238. The SMILES string of the molecule is COc1ccc(-n2cc(NC(=O)CN3CCOCC3)c(C(N)=O)n2)cc1. The summed E-state index contributed by atoms with van der Waals surface area (Å²) in [6.45, 7) is 2.82. The number of hydrogen-bond donors (Lipinski definition) is 2. The quantitative estimate of drug-likeness (QED) is 0.765. The third-order valence-electron chi connectivity index (χ3n) is 4.03. The molecule has 0 unspecified atom stereocenters. The van der Waals surface area contributed by atoms with Gasteiger partial charge in [0.1, 0.15) is 5.75 Å². The highest BCUT2D eigenvalue weighted by Gasteiger charge is 2.19. The van der Waals surface area contributed by atoms with Gasteiger partial charge in [0.15, 0.2) is 5.69 Å². The lowest BCUT2D eigenvalue weighted by Crippen LogP contribution is -2.41. The third-order valence-corrected chi connectivity index (χ3v) is 4.03. The highest BCUT2D eigenvalue weighted by Crippen LogP contribution is 2.19. The van der Waals surface area contributed by atoms with E-state index in [0.29, 0.717) is 37.7 Å². The second-order valence-electron chi connectivity index (χ2n) is 5.83. The van der Waals surface area contributed by atoms with Crippen LogP contribution < -0.4 is 15.8 Å². The molecule has 0 spiro atoms. The van der Waals surface area contributed by atoms with Crippen LogP contribution >= 0.6 is 0 Å². The number of ether oxygens (including phenoxy) is 2. The van der Waals surface area contributed by atoms with Gasteiger partial charge in [-0.2, -0.15) is 5.10 Å².